The molecule has 4 heterocycles. The van der Waals surface area contributed by atoms with E-state index >= 15 is 0 Å². The molecule has 1 aromatic heterocycles. The number of carbonyl (C=O) groups excluding carboxylic acids is 1. The van der Waals surface area contributed by atoms with E-state index in [1.165, 1.54) is 18.6 Å². The molecule has 1 aromatic carbocycles. The SMILES string of the molecule is O=C(CCS(=O)(=O)c1ccc2c(c1)OCCO2)N1CCC[C@@H](c2nnc3n2CCCCC3)C1. The van der Waals surface area contributed by atoms with Gasteiger partial charge in [0.1, 0.15) is 24.9 Å². The maximum atomic E-state index is 12.9. The van der Waals surface area contributed by atoms with Gasteiger partial charge >= 0.3 is 0 Å². The van der Waals surface area contributed by atoms with Gasteiger partial charge in [0.15, 0.2) is 21.3 Å². The largest absolute Gasteiger partial charge is 0.486 e. The number of benzene rings is 1. The Morgan fingerprint density at radius 3 is 2.76 bits per heavy atom. The van der Waals surface area contributed by atoms with E-state index in [9.17, 15) is 13.2 Å². The predicted octanol–water partition coefficient (Wildman–Crippen LogP) is 2.35. The fourth-order valence-electron chi connectivity index (χ4n) is 4.94. The van der Waals surface area contributed by atoms with Crippen LogP contribution in [0.5, 0.6) is 11.5 Å². The molecule has 5 rings (SSSR count). The van der Waals surface area contributed by atoms with Gasteiger partial charge < -0.3 is 18.9 Å². The van der Waals surface area contributed by atoms with Gasteiger partial charge in [-0.1, -0.05) is 6.42 Å². The van der Waals surface area contributed by atoms with Crippen LogP contribution < -0.4 is 9.47 Å². The number of amides is 1. The monoisotopic (exact) mass is 474 g/mol. The van der Waals surface area contributed by atoms with Crippen molar-refractivity contribution in [2.24, 2.45) is 0 Å². The molecule has 1 amide bonds. The number of sulfone groups is 1. The highest BCUT2D eigenvalue weighted by atomic mass is 32.2. The molecular formula is C23H30N4O5S. The molecule has 3 aliphatic heterocycles. The Hall–Kier alpha value is -2.62. The summed E-state index contributed by atoms with van der Waals surface area (Å²) in [6, 6.07) is 4.61. The van der Waals surface area contributed by atoms with Gasteiger partial charge in [-0.15, -0.1) is 10.2 Å². The molecule has 0 saturated carbocycles. The number of aryl methyl sites for hydroxylation is 1. The second-order valence-electron chi connectivity index (χ2n) is 8.99. The first-order valence-corrected chi connectivity index (χ1v) is 13.5. The van der Waals surface area contributed by atoms with Crippen LogP contribution in [0.1, 0.15) is 56.1 Å². The maximum Gasteiger partial charge on any atom is 0.223 e. The molecule has 0 bridgehead atoms. The summed E-state index contributed by atoms with van der Waals surface area (Å²) in [5.41, 5.74) is 0. The van der Waals surface area contributed by atoms with Crippen LogP contribution in [-0.2, 0) is 27.6 Å². The average molecular weight is 475 g/mol. The molecular weight excluding hydrogens is 444 g/mol. The molecule has 0 unspecified atom stereocenters. The molecule has 0 spiro atoms. The number of fused-ring (bicyclic) bond motifs is 2. The Balaban J connectivity index is 1.22. The molecule has 3 aliphatic rings. The molecule has 9 nitrogen and oxygen atoms in total. The molecule has 0 N–H and O–H groups in total. The molecule has 178 valence electrons. The quantitative estimate of drug-likeness (QED) is 0.655. The number of piperidine rings is 1. The number of nitrogens with zero attached hydrogens (tertiary/aromatic N) is 4. The van der Waals surface area contributed by atoms with Crippen LogP contribution in [-0.4, -0.2) is 66.0 Å². The van der Waals surface area contributed by atoms with Crippen molar-refractivity contribution in [3.63, 3.8) is 0 Å². The van der Waals surface area contributed by atoms with Gasteiger partial charge in [-0.3, -0.25) is 4.79 Å². The zero-order valence-corrected chi connectivity index (χ0v) is 19.6. The Bertz CT molecular complexity index is 1130. The summed E-state index contributed by atoms with van der Waals surface area (Å²) in [4.78, 5) is 14.9. The van der Waals surface area contributed by atoms with Crippen LogP contribution in [0.15, 0.2) is 23.1 Å². The first-order chi connectivity index (χ1) is 16.0. The van der Waals surface area contributed by atoms with Crippen LogP contribution in [0.4, 0.5) is 0 Å². The van der Waals surface area contributed by atoms with Crippen molar-refractivity contribution in [2.75, 3.05) is 32.1 Å². The maximum absolute atomic E-state index is 12.9. The van der Waals surface area contributed by atoms with E-state index in [1.54, 1.807) is 11.0 Å². The minimum absolute atomic E-state index is 0.0402. The van der Waals surface area contributed by atoms with Crippen molar-refractivity contribution in [1.82, 2.24) is 19.7 Å². The standard InChI is InChI=1S/C23H30N4O5S/c28-22(9-14-33(29,30)18-7-8-19-20(15-18)32-13-12-31-19)26-10-4-5-17(16-26)23-25-24-21-6-2-1-3-11-27(21)23/h7-8,15,17H,1-6,9-14,16H2/t17-/m1/s1. The highest BCUT2D eigenvalue weighted by Gasteiger charge is 2.30. The lowest BCUT2D eigenvalue weighted by atomic mass is 9.96. The number of ether oxygens (including phenoxy) is 2. The fourth-order valence-corrected chi connectivity index (χ4v) is 6.18. The van der Waals surface area contributed by atoms with Crippen molar-refractivity contribution < 1.29 is 22.7 Å². The third kappa shape index (κ3) is 4.71. The lowest BCUT2D eigenvalue weighted by Gasteiger charge is -2.32. The van der Waals surface area contributed by atoms with Crippen LogP contribution in [0.3, 0.4) is 0 Å². The Morgan fingerprint density at radius 2 is 1.88 bits per heavy atom. The normalized spacial score (nSPS) is 20.7. The molecule has 0 aliphatic carbocycles. The minimum atomic E-state index is -3.61. The number of hydrogen-bond donors (Lipinski definition) is 0. The fraction of sp³-hybridized carbons (Fsp3) is 0.609. The summed E-state index contributed by atoms with van der Waals surface area (Å²) in [6.45, 7) is 3.00. The Labute approximate surface area is 194 Å². The van der Waals surface area contributed by atoms with Gasteiger partial charge in [0, 0.05) is 44.5 Å². The van der Waals surface area contributed by atoms with E-state index in [1.807, 2.05) is 0 Å². The van der Waals surface area contributed by atoms with Crippen LogP contribution in [0.25, 0.3) is 0 Å². The molecule has 1 fully saturated rings. The molecule has 1 atom stereocenters. The summed E-state index contributed by atoms with van der Waals surface area (Å²) in [5.74, 6) is 2.80. The van der Waals surface area contributed by atoms with E-state index in [2.05, 4.69) is 14.8 Å². The summed E-state index contributed by atoms with van der Waals surface area (Å²) in [6.07, 6.45) is 6.25. The number of carbonyl (C=O) groups is 1. The number of rotatable bonds is 5. The second-order valence-corrected chi connectivity index (χ2v) is 11.1. The van der Waals surface area contributed by atoms with E-state index in [-0.39, 0.29) is 28.9 Å². The van der Waals surface area contributed by atoms with Crippen LogP contribution >= 0.6 is 0 Å². The molecule has 2 aromatic rings. The predicted molar refractivity (Wildman–Crippen MR) is 120 cm³/mol. The van der Waals surface area contributed by atoms with Crippen molar-refractivity contribution in [3.05, 3.63) is 29.8 Å². The first-order valence-electron chi connectivity index (χ1n) is 11.8. The molecule has 1 saturated heterocycles. The first kappa shape index (κ1) is 22.2. The van der Waals surface area contributed by atoms with Crippen molar-refractivity contribution in [2.45, 2.75) is 62.3 Å². The van der Waals surface area contributed by atoms with Gasteiger partial charge in [-0.2, -0.15) is 0 Å². The van der Waals surface area contributed by atoms with Gasteiger partial charge in [-0.05, 0) is 37.8 Å². The third-order valence-electron chi connectivity index (χ3n) is 6.73. The number of likely N-dealkylation sites (tertiary alicyclic amines) is 1. The summed E-state index contributed by atoms with van der Waals surface area (Å²) in [7, 11) is -3.61. The Kier molecular flexibility index (Phi) is 6.27. The Morgan fingerprint density at radius 1 is 1.03 bits per heavy atom. The summed E-state index contributed by atoms with van der Waals surface area (Å²) < 4.78 is 38.9. The van der Waals surface area contributed by atoms with Gasteiger partial charge in [-0.25, -0.2) is 8.42 Å². The van der Waals surface area contributed by atoms with E-state index in [4.69, 9.17) is 9.47 Å². The van der Waals surface area contributed by atoms with Crippen molar-refractivity contribution in [3.8, 4) is 11.5 Å². The lowest BCUT2D eigenvalue weighted by Crippen LogP contribution is -2.40. The number of aromatic nitrogens is 3. The highest BCUT2D eigenvalue weighted by molar-refractivity contribution is 7.91. The zero-order chi connectivity index (χ0) is 22.8. The minimum Gasteiger partial charge on any atom is -0.486 e. The third-order valence-corrected chi connectivity index (χ3v) is 8.45. The molecule has 10 heteroatoms. The van der Waals surface area contributed by atoms with Gasteiger partial charge in [0.25, 0.3) is 0 Å². The highest BCUT2D eigenvalue weighted by Crippen LogP contribution is 2.33. The molecule has 0 radical (unpaired) electrons. The van der Waals surface area contributed by atoms with Crippen molar-refractivity contribution in [1.29, 1.82) is 0 Å². The lowest BCUT2D eigenvalue weighted by molar-refractivity contribution is -0.132. The topological polar surface area (TPSA) is 104 Å². The van der Waals surface area contributed by atoms with Crippen molar-refractivity contribution >= 4 is 15.7 Å². The zero-order valence-electron chi connectivity index (χ0n) is 18.7. The van der Waals surface area contributed by atoms with E-state index < -0.39 is 9.84 Å². The second kappa shape index (κ2) is 9.32. The van der Waals surface area contributed by atoms with Gasteiger partial charge in [0.05, 0.1) is 10.6 Å². The van der Waals surface area contributed by atoms with E-state index in [0.29, 0.717) is 37.8 Å². The summed E-state index contributed by atoms with van der Waals surface area (Å²) in [5, 5.41) is 8.88. The average Bonchev–Trinajstić information content (AvgIpc) is 3.10. The van der Waals surface area contributed by atoms with Crippen LogP contribution in [0.2, 0.25) is 0 Å². The van der Waals surface area contributed by atoms with E-state index in [0.717, 1.165) is 50.3 Å². The smallest absolute Gasteiger partial charge is 0.223 e. The molecule has 33 heavy (non-hydrogen) atoms. The summed E-state index contributed by atoms with van der Waals surface area (Å²) >= 11 is 0. The number of hydrogen-bond acceptors (Lipinski definition) is 7. The van der Waals surface area contributed by atoms with Gasteiger partial charge in [0.2, 0.25) is 5.91 Å². The van der Waals surface area contributed by atoms with Crippen LogP contribution in [0, 0.1) is 0 Å².